The molecule has 2 aromatic carbocycles. The summed E-state index contributed by atoms with van der Waals surface area (Å²) in [6, 6.07) is 12.5. The second-order valence-electron chi connectivity index (χ2n) is 4.47. The fraction of sp³-hybridized carbons (Fsp3) is 0.200. The molecule has 0 heterocycles. The average Bonchev–Trinajstić information content (AvgIpc) is 2.38. The van der Waals surface area contributed by atoms with Crippen LogP contribution in [0, 0.1) is 5.82 Å². The zero-order valence-electron chi connectivity index (χ0n) is 10.2. The molecule has 0 aliphatic carbocycles. The minimum atomic E-state index is -0.262. The van der Waals surface area contributed by atoms with Gasteiger partial charge in [0.05, 0.1) is 4.47 Å². The number of nitrogens with two attached hydrogens (primary N) is 1. The van der Waals surface area contributed by atoms with Gasteiger partial charge in [-0.15, -0.1) is 0 Å². The Morgan fingerprint density at radius 1 is 1.05 bits per heavy atom. The van der Waals surface area contributed by atoms with Crippen LogP contribution in [0.4, 0.5) is 4.39 Å². The normalized spacial score (nSPS) is 12.4. The monoisotopic (exact) mass is 341 g/mol. The lowest BCUT2D eigenvalue weighted by molar-refractivity contribution is 0.610. The molecule has 1 atom stereocenters. The van der Waals surface area contributed by atoms with Crippen molar-refractivity contribution in [2.75, 3.05) is 0 Å². The summed E-state index contributed by atoms with van der Waals surface area (Å²) in [5.74, 6) is -0.262. The van der Waals surface area contributed by atoms with Crippen LogP contribution >= 0.6 is 27.5 Å². The molecular weight excluding hydrogens is 329 g/mol. The highest BCUT2D eigenvalue weighted by atomic mass is 79.9. The van der Waals surface area contributed by atoms with Gasteiger partial charge in [-0.05, 0) is 52.0 Å². The van der Waals surface area contributed by atoms with Crippen molar-refractivity contribution in [1.29, 1.82) is 0 Å². The van der Waals surface area contributed by atoms with Crippen molar-refractivity contribution in [3.8, 4) is 0 Å². The van der Waals surface area contributed by atoms with Gasteiger partial charge in [0, 0.05) is 11.1 Å². The maximum absolute atomic E-state index is 13.4. The topological polar surface area (TPSA) is 26.0 Å². The molecule has 2 N–H and O–H groups in total. The van der Waals surface area contributed by atoms with E-state index in [0.717, 1.165) is 16.1 Å². The highest BCUT2D eigenvalue weighted by Gasteiger charge is 2.11. The molecule has 0 aliphatic rings. The first-order valence-corrected chi connectivity index (χ1v) is 7.17. The van der Waals surface area contributed by atoms with E-state index in [9.17, 15) is 4.39 Å². The molecule has 0 bridgehead atoms. The maximum atomic E-state index is 13.4. The minimum Gasteiger partial charge on any atom is -0.327 e. The highest BCUT2D eigenvalue weighted by Crippen LogP contribution is 2.23. The number of hydrogen-bond acceptors (Lipinski definition) is 1. The van der Waals surface area contributed by atoms with Gasteiger partial charge >= 0.3 is 0 Å². The van der Waals surface area contributed by atoms with Gasteiger partial charge in [-0.25, -0.2) is 4.39 Å². The van der Waals surface area contributed by atoms with Crippen LogP contribution in [0.2, 0.25) is 5.02 Å². The first-order chi connectivity index (χ1) is 9.08. The van der Waals surface area contributed by atoms with Crippen LogP contribution in [-0.4, -0.2) is 6.04 Å². The van der Waals surface area contributed by atoms with E-state index in [0.29, 0.717) is 17.3 Å². The lowest BCUT2D eigenvalue weighted by atomic mass is 10.00. The molecule has 0 spiro atoms. The molecular formula is C15H14BrClFN. The summed E-state index contributed by atoms with van der Waals surface area (Å²) in [6.07, 6.45) is 1.27. The third-order valence-electron chi connectivity index (χ3n) is 2.95. The van der Waals surface area contributed by atoms with Crippen LogP contribution in [-0.2, 0) is 12.8 Å². The molecule has 19 heavy (non-hydrogen) atoms. The van der Waals surface area contributed by atoms with Gasteiger partial charge in [-0.2, -0.15) is 0 Å². The van der Waals surface area contributed by atoms with Crippen molar-refractivity contribution in [3.05, 3.63) is 68.9 Å². The average molecular weight is 343 g/mol. The third-order valence-corrected chi connectivity index (χ3v) is 4.21. The quantitative estimate of drug-likeness (QED) is 0.878. The summed E-state index contributed by atoms with van der Waals surface area (Å²) in [5, 5.41) is 0.719. The summed E-state index contributed by atoms with van der Waals surface area (Å²) in [4.78, 5) is 0. The minimum absolute atomic E-state index is 0.0991. The zero-order chi connectivity index (χ0) is 13.8. The first kappa shape index (κ1) is 14.5. The van der Waals surface area contributed by atoms with Crippen molar-refractivity contribution in [2.45, 2.75) is 18.9 Å². The van der Waals surface area contributed by atoms with E-state index in [2.05, 4.69) is 15.9 Å². The van der Waals surface area contributed by atoms with Gasteiger partial charge < -0.3 is 5.73 Å². The van der Waals surface area contributed by atoms with Gasteiger partial charge in [0.25, 0.3) is 0 Å². The van der Waals surface area contributed by atoms with Crippen molar-refractivity contribution in [2.24, 2.45) is 5.73 Å². The summed E-state index contributed by atoms with van der Waals surface area (Å²) < 4.78 is 13.9. The van der Waals surface area contributed by atoms with E-state index in [1.54, 1.807) is 6.07 Å². The Balaban J connectivity index is 2.08. The lowest BCUT2D eigenvalue weighted by Gasteiger charge is -2.14. The summed E-state index contributed by atoms with van der Waals surface area (Å²) >= 11 is 9.35. The predicted molar refractivity (Wildman–Crippen MR) is 80.9 cm³/mol. The van der Waals surface area contributed by atoms with Crippen molar-refractivity contribution in [3.63, 3.8) is 0 Å². The Morgan fingerprint density at radius 3 is 2.42 bits per heavy atom. The highest BCUT2D eigenvalue weighted by molar-refractivity contribution is 9.10. The Kier molecular flexibility index (Phi) is 4.97. The van der Waals surface area contributed by atoms with Crippen LogP contribution in [0.15, 0.2) is 46.9 Å². The van der Waals surface area contributed by atoms with E-state index >= 15 is 0 Å². The molecule has 2 aromatic rings. The molecule has 0 aromatic heterocycles. The largest absolute Gasteiger partial charge is 0.327 e. The zero-order valence-corrected chi connectivity index (χ0v) is 12.6. The Bertz CT molecular complexity index is 574. The van der Waals surface area contributed by atoms with Gasteiger partial charge in [0.2, 0.25) is 0 Å². The summed E-state index contributed by atoms with van der Waals surface area (Å²) in [7, 11) is 0. The molecule has 2 rings (SSSR count). The molecule has 100 valence electrons. The van der Waals surface area contributed by atoms with Gasteiger partial charge in [-0.1, -0.05) is 41.9 Å². The van der Waals surface area contributed by atoms with Crippen LogP contribution in [0.5, 0.6) is 0 Å². The predicted octanol–water partition coefficient (Wildman–Crippen LogP) is 4.35. The third kappa shape index (κ3) is 3.78. The molecule has 0 aliphatic heterocycles. The summed E-state index contributed by atoms with van der Waals surface area (Å²) in [6.45, 7) is 0. The molecule has 0 saturated carbocycles. The van der Waals surface area contributed by atoms with E-state index in [1.807, 2.05) is 30.3 Å². The molecule has 0 saturated heterocycles. The number of hydrogen-bond donors (Lipinski definition) is 1. The standard InChI is InChI=1S/C15H14BrClFN/c16-15-11(5-3-7-14(15)18)9-12(19)8-10-4-1-2-6-13(10)17/h1-7,12H,8-9,19H2. The van der Waals surface area contributed by atoms with Gasteiger partial charge in [0.1, 0.15) is 5.82 Å². The fourth-order valence-electron chi connectivity index (χ4n) is 2.01. The van der Waals surface area contributed by atoms with E-state index in [4.69, 9.17) is 17.3 Å². The smallest absolute Gasteiger partial charge is 0.137 e. The molecule has 1 unspecified atom stereocenters. The molecule has 4 heteroatoms. The van der Waals surface area contributed by atoms with Crippen molar-refractivity contribution >= 4 is 27.5 Å². The molecule has 0 fully saturated rings. The SMILES string of the molecule is NC(Cc1ccccc1Cl)Cc1cccc(F)c1Br. The second-order valence-corrected chi connectivity index (χ2v) is 5.67. The van der Waals surface area contributed by atoms with E-state index in [1.165, 1.54) is 6.07 Å². The van der Waals surface area contributed by atoms with Crippen LogP contribution < -0.4 is 5.73 Å². The number of halogens is 3. The summed E-state index contributed by atoms with van der Waals surface area (Å²) in [5.41, 5.74) is 8.02. The Labute approximate surface area is 125 Å². The van der Waals surface area contributed by atoms with Crippen molar-refractivity contribution in [1.82, 2.24) is 0 Å². The van der Waals surface area contributed by atoms with E-state index < -0.39 is 0 Å². The number of rotatable bonds is 4. The van der Waals surface area contributed by atoms with Crippen LogP contribution in [0.1, 0.15) is 11.1 Å². The number of benzene rings is 2. The molecule has 1 nitrogen and oxygen atoms in total. The van der Waals surface area contributed by atoms with Gasteiger partial charge in [-0.3, -0.25) is 0 Å². The Hall–Kier alpha value is -0.900. The molecule has 0 amide bonds. The molecule has 0 radical (unpaired) electrons. The first-order valence-electron chi connectivity index (χ1n) is 6.00. The van der Waals surface area contributed by atoms with Crippen LogP contribution in [0.25, 0.3) is 0 Å². The van der Waals surface area contributed by atoms with Crippen LogP contribution in [0.3, 0.4) is 0 Å². The second kappa shape index (κ2) is 6.51. The Morgan fingerprint density at radius 2 is 1.68 bits per heavy atom. The van der Waals surface area contributed by atoms with E-state index in [-0.39, 0.29) is 11.9 Å². The maximum Gasteiger partial charge on any atom is 0.137 e. The lowest BCUT2D eigenvalue weighted by Crippen LogP contribution is -2.25. The fourth-order valence-corrected chi connectivity index (χ4v) is 2.65. The van der Waals surface area contributed by atoms with Gasteiger partial charge in [0.15, 0.2) is 0 Å². The van der Waals surface area contributed by atoms with Crippen molar-refractivity contribution < 1.29 is 4.39 Å².